The minimum absolute atomic E-state index is 0.191. The molecule has 26 heavy (non-hydrogen) atoms. The van der Waals surface area contributed by atoms with E-state index in [1.165, 1.54) is 64.2 Å². The first kappa shape index (κ1) is 25.3. The normalized spacial score (nSPS) is 13.5. The van der Waals surface area contributed by atoms with Crippen LogP contribution < -0.4 is 10.6 Å². The van der Waals surface area contributed by atoms with E-state index in [4.69, 9.17) is 0 Å². The maximum absolute atomic E-state index is 10.5. The summed E-state index contributed by atoms with van der Waals surface area (Å²) in [5, 5.41) is 6.85. The average molecular weight is 369 g/mol. The van der Waals surface area contributed by atoms with Crippen LogP contribution in [0.2, 0.25) is 0 Å². The highest BCUT2D eigenvalue weighted by molar-refractivity contribution is 5.52. The Morgan fingerprint density at radius 3 is 1.15 bits per heavy atom. The predicted octanol–water partition coefficient (Wildman–Crippen LogP) is 4.52. The van der Waals surface area contributed by atoms with Gasteiger partial charge in [0.2, 0.25) is 0 Å². The van der Waals surface area contributed by atoms with Crippen LogP contribution in [0.1, 0.15) is 90.9 Å². The molecule has 4 heteroatoms. The van der Waals surface area contributed by atoms with Crippen LogP contribution in [-0.2, 0) is 9.59 Å². The molecule has 0 saturated heterocycles. The molecule has 0 spiro atoms. The summed E-state index contributed by atoms with van der Waals surface area (Å²) in [7, 11) is 0. The SMILES string of the molecule is CC(C=O)CCNCCCCCCCCCCCCNCCC(C)C=O. The summed E-state index contributed by atoms with van der Waals surface area (Å²) in [6, 6.07) is 0. The summed E-state index contributed by atoms with van der Waals surface area (Å²) in [5.41, 5.74) is 0. The second-order valence-electron chi connectivity index (χ2n) is 7.84. The molecule has 0 aromatic carbocycles. The molecule has 0 bridgehead atoms. The maximum atomic E-state index is 10.5. The number of hydrogen-bond donors (Lipinski definition) is 2. The molecule has 2 N–H and O–H groups in total. The second kappa shape index (κ2) is 20.6. The molecule has 0 rings (SSSR count). The van der Waals surface area contributed by atoms with Crippen molar-refractivity contribution in [2.75, 3.05) is 26.2 Å². The molecule has 0 aliphatic rings. The summed E-state index contributed by atoms with van der Waals surface area (Å²) in [6.45, 7) is 8.07. The molecule has 0 aliphatic heterocycles. The van der Waals surface area contributed by atoms with Crippen LogP contribution in [-0.4, -0.2) is 38.8 Å². The fraction of sp³-hybridized carbons (Fsp3) is 0.909. The lowest BCUT2D eigenvalue weighted by atomic mass is 10.1. The van der Waals surface area contributed by atoms with E-state index < -0.39 is 0 Å². The lowest BCUT2D eigenvalue weighted by Crippen LogP contribution is -2.19. The van der Waals surface area contributed by atoms with Crippen LogP contribution in [0.3, 0.4) is 0 Å². The zero-order valence-electron chi connectivity index (χ0n) is 17.4. The summed E-state index contributed by atoms with van der Waals surface area (Å²) < 4.78 is 0. The predicted molar refractivity (Wildman–Crippen MR) is 112 cm³/mol. The fourth-order valence-electron chi connectivity index (χ4n) is 2.96. The van der Waals surface area contributed by atoms with Gasteiger partial charge >= 0.3 is 0 Å². The Labute approximate surface area is 162 Å². The van der Waals surface area contributed by atoms with Gasteiger partial charge in [-0.3, -0.25) is 0 Å². The van der Waals surface area contributed by atoms with E-state index in [1.807, 2.05) is 13.8 Å². The van der Waals surface area contributed by atoms with Crippen molar-refractivity contribution in [1.29, 1.82) is 0 Å². The van der Waals surface area contributed by atoms with Gasteiger partial charge in [0.1, 0.15) is 12.6 Å². The van der Waals surface area contributed by atoms with Crippen LogP contribution >= 0.6 is 0 Å². The maximum Gasteiger partial charge on any atom is 0.122 e. The highest BCUT2D eigenvalue weighted by atomic mass is 16.1. The Kier molecular flexibility index (Phi) is 20.0. The minimum atomic E-state index is 0.191. The number of carbonyl (C=O) groups excluding carboxylic acids is 2. The summed E-state index contributed by atoms with van der Waals surface area (Å²) >= 11 is 0. The molecule has 154 valence electrons. The second-order valence-corrected chi connectivity index (χ2v) is 7.84. The molecule has 0 heterocycles. The molecular formula is C22H44N2O2. The molecule has 2 unspecified atom stereocenters. The largest absolute Gasteiger partial charge is 0.317 e. The molecular weight excluding hydrogens is 324 g/mol. The fourth-order valence-corrected chi connectivity index (χ4v) is 2.96. The topological polar surface area (TPSA) is 58.2 Å². The first-order chi connectivity index (χ1) is 12.7. The van der Waals surface area contributed by atoms with E-state index in [2.05, 4.69) is 10.6 Å². The molecule has 0 aliphatic carbocycles. The van der Waals surface area contributed by atoms with Gasteiger partial charge in [-0.15, -0.1) is 0 Å². The quantitative estimate of drug-likeness (QED) is 0.231. The van der Waals surface area contributed by atoms with Crippen LogP contribution in [0.5, 0.6) is 0 Å². The summed E-state index contributed by atoms with van der Waals surface area (Å²) in [5.74, 6) is 0.381. The van der Waals surface area contributed by atoms with E-state index in [-0.39, 0.29) is 11.8 Å². The Bertz CT molecular complexity index is 281. The van der Waals surface area contributed by atoms with Crippen LogP contribution in [0.25, 0.3) is 0 Å². The number of carbonyl (C=O) groups is 2. The van der Waals surface area contributed by atoms with E-state index in [0.717, 1.165) is 51.6 Å². The zero-order valence-corrected chi connectivity index (χ0v) is 17.4. The third kappa shape index (κ3) is 19.6. The van der Waals surface area contributed by atoms with Gasteiger partial charge in [-0.1, -0.05) is 65.2 Å². The smallest absolute Gasteiger partial charge is 0.122 e. The minimum Gasteiger partial charge on any atom is -0.317 e. The molecule has 2 atom stereocenters. The van der Waals surface area contributed by atoms with E-state index >= 15 is 0 Å². The van der Waals surface area contributed by atoms with Gasteiger partial charge in [0.15, 0.2) is 0 Å². The first-order valence-electron chi connectivity index (χ1n) is 11.0. The third-order valence-corrected chi connectivity index (χ3v) is 4.97. The van der Waals surface area contributed by atoms with Crippen molar-refractivity contribution in [3.63, 3.8) is 0 Å². The van der Waals surface area contributed by atoms with Crippen molar-refractivity contribution < 1.29 is 9.59 Å². The van der Waals surface area contributed by atoms with Crippen molar-refractivity contribution in [3.8, 4) is 0 Å². The zero-order chi connectivity index (χ0) is 19.3. The molecule has 0 saturated carbocycles. The molecule has 0 amide bonds. The van der Waals surface area contributed by atoms with Crippen molar-refractivity contribution in [1.82, 2.24) is 10.6 Å². The van der Waals surface area contributed by atoms with E-state index in [1.54, 1.807) is 0 Å². The lowest BCUT2D eigenvalue weighted by Gasteiger charge is -2.07. The van der Waals surface area contributed by atoms with Gasteiger partial charge in [0.25, 0.3) is 0 Å². The molecule has 4 nitrogen and oxygen atoms in total. The van der Waals surface area contributed by atoms with Gasteiger partial charge in [0, 0.05) is 11.8 Å². The van der Waals surface area contributed by atoms with Crippen LogP contribution in [0, 0.1) is 11.8 Å². The Balaban J connectivity index is 3.05. The first-order valence-corrected chi connectivity index (χ1v) is 11.0. The monoisotopic (exact) mass is 368 g/mol. The van der Waals surface area contributed by atoms with Crippen molar-refractivity contribution in [2.24, 2.45) is 11.8 Å². The Morgan fingerprint density at radius 1 is 0.538 bits per heavy atom. The number of aldehydes is 2. The van der Waals surface area contributed by atoms with Crippen molar-refractivity contribution in [3.05, 3.63) is 0 Å². The molecule has 0 radical (unpaired) electrons. The van der Waals surface area contributed by atoms with Gasteiger partial charge in [-0.25, -0.2) is 0 Å². The third-order valence-electron chi connectivity index (χ3n) is 4.97. The molecule has 0 aromatic heterocycles. The van der Waals surface area contributed by atoms with Gasteiger partial charge in [-0.2, -0.15) is 0 Å². The lowest BCUT2D eigenvalue weighted by molar-refractivity contribution is -0.111. The highest BCUT2D eigenvalue weighted by Gasteiger charge is 1.99. The number of unbranched alkanes of at least 4 members (excludes halogenated alkanes) is 9. The summed E-state index contributed by atoms with van der Waals surface area (Å²) in [4.78, 5) is 21.0. The Hall–Kier alpha value is -0.740. The standard InChI is InChI=1S/C22H44N2O2/c1-21(19-25)13-17-23-15-11-9-7-5-3-4-6-8-10-12-16-24-18-14-22(2)20-26/h19-24H,3-18H2,1-2H3. The number of hydrogen-bond acceptors (Lipinski definition) is 4. The number of rotatable bonds is 21. The molecule has 0 fully saturated rings. The average Bonchev–Trinajstić information content (AvgIpc) is 2.66. The van der Waals surface area contributed by atoms with E-state index in [9.17, 15) is 9.59 Å². The Morgan fingerprint density at radius 2 is 0.846 bits per heavy atom. The van der Waals surface area contributed by atoms with Crippen molar-refractivity contribution >= 4 is 12.6 Å². The van der Waals surface area contributed by atoms with Gasteiger partial charge in [-0.05, 0) is 51.9 Å². The summed E-state index contributed by atoms with van der Waals surface area (Å²) in [6.07, 6.45) is 17.4. The molecule has 0 aromatic rings. The van der Waals surface area contributed by atoms with Crippen LogP contribution in [0.15, 0.2) is 0 Å². The van der Waals surface area contributed by atoms with Crippen LogP contribution in [0.4, 0.5) is 0 Å². The van der Waals surface area contributed by atoms with E-state index in [0.29, 0.717) is 0 Å². The highest BCUT2D eigenvalue weighted by Crippen LogP contribution is 2.10. The van der Waals surface area contributed by atoms with Crippen molar-refractivity contribution in [2.45, 2.75) is 90.9 Å². The van der Waals surface area contributed by atoms with Gasteiger partial charge < -0.3 is 20.2 Å². The number of nitrogens with one attached hydrogen (secondary N) is 2. The van der Waals surface area contributed by atoms with Gasteiger partial charge in [0.05, 0.1) is 0 Å².